The van der Waals surface area contributed by atoms with E-state index in [9.17, 15) is 4.79 Å². The highest BCUT2D eigenvalue weighted by Crippen LogP contribution is 2.66. The fourth-order valence-corrected chi connectivity index (χ4v) is 7.77. The van der Waals surface area contributed by atoms with Crippen LogP contribution in [0.15, 0.2) is 17.3 Å². The lowest BCUT2D eigenvalue weighted by molar-refractivity contribution is -0.134. The molecule has 1 heterocycles. The molecule has 4 saturated carbocycles. The molecule has 0 aromatic carbocycles. The molecule has 28 heavy (non-hydrogen) atoms. The molecule has 0 radical (unpaired) electrons. The Morgan fingerprint density at radius 3 is 2.75 bits per heavy atom. The second-order valence-corrected chi connectivity index (χ2v) is 10.8. The van der Waals surface area contributed by atoms with Crippen molar-refractivity contribution in [1.82, 2.24) is 5.32 Å². The Morgan fingerprint density at radius 1 is 1.11 bits per heavy atom. The molecule has 4 nitrogen and oxygen atoms in total. The van der Waals surface area contributed by atoms with Gasteiger partial charge >= 0.3 is 0 Å². The molecule has 2 unspecified atom stereocenters. The normalized spacial score (nSPS) is 49.6. The number of nitrogens with zero attached hydrogens (tertiary/aromatic N) is 1. The quantitative estimate of drug-likeness (QED) is 0.563. The summed E-state index contributed by atoms with van der Waals surface area (Å²) in [5.74, 6) is 3.06. The van der Waals surface area contributed by atoms with E-state index in [-0.39, 0.29) is 11.5 Å². The molecule has 1 N–H and O–H groups in total. The molecule has 4 heteroatoms. The number of fused-ring (bicyclic) bond motifs is 5. The molecule has 5 rings (SSSR count). The van der Waals surface area contributed by atoms with E-state index in [0.29, 0.717) is 29.0 Å². The van der Waals surface area contributed by atoms with Gasteiger partial charge in [0.1, 0.15) is 11.9 Å². The zero-order chi connectivity index (χ0) is 19.5. The molecule has 5 aliphatic rings. The second-order valence-electron chi connectivity index (χ2n) is 10.8. The first-order valence-electron chi connectivity index (χ1n) is 11.5. The van der Waals surface area contributed by atoms with Gasteiger partial charge in [0.2, 0.25) is 0 Å². The third kappa shape index (κ3) is 2.74. The van der Waals surface area contributed by atoms with Gasteiger partial charge in [-0.1, -0.05) is 31.2 Å². The van der Waals surface area contributed by atoms with E-state index in [4.69, 9.17) is 4.84 Å². The largest absolute Gasteiger partial charge is 0.391 e. The molecular weight excluding hydrogens is 348 g/mol. The summed E-state index contributed by atoms with van der Waals surface area (Å²) < 4.78 is 0. The molecule has 4 aliphatic carbocycles. The van der Waals surface area contributed by atoms with Gasteiger partial charge < -0.3 is 10.2 Å². The van der Waals surface area contributed by atoms with Gasteiger partial charge in [-0.3, -0.25) is 4.79 Å². The molecule has 154 valence electrons. The third-order valence-corrected chi connectivity index (χ3v) is 9.52. The predicted octanol–water partition coefficient (Wildman–Crippen LogP) is 4.50. The molecular formula is C24H36N2O2. The Balaban J connectivity index is 1.35. The average Bonchev–Trinajstić information content (AvgIpc) is 3.29. The first-order valence-corrected chi connectivity index (χ1v) is 11.5. The summed E-state index contributed by atoms with van der Waals surface area (Å²) in [5, 5.41) is 7.93. The smallest absolute Gasteiger partial charge is 0.141 e. The van der Waals surface area contributed by atoms with Crippen molar-refractivity contribution >= 4 is 11.5 Å². The van der Waals surface area contributed by atoms with Gasteiger partial charge in [0.25, 0.3) is 0 Å². The minimum absolute atomic E-state index is 0.0465. The average molecular weight is 385 g/mol. The van der Waals surface area contributed by atoms with Gasteiger partial charge in [0.15, 0.2) is 0 Å². The molecule has 0 spiro atoms. The highest BCUT2D eigenvalue weighted by molar-refractivity contribution is 5.87. The number of carbonyl (C=O) groups is 1. The van der Waals surface area contributed by atoms with E-state index in [1.165, 1.54) is 24.1 Å². The zero-order valence-electron chi connectivity index (χ0n) is 17.6. The number of hydrogen-bond donors (Lipinski definition) is 1. The van der Waals surface area contributed by atoms with Gasteiger partial charge in [-0.2, -0.15) is 0 Å². The summed E-state index contributed by atoms with van der Waals surface area (Å²) >= 11 is 0. The van der Waals surface area contributed by atoms with Gasteiger partial charge in [-0.05, 0) is 80.6 Å². The van der Waals surface area contributed by atoms with Crippen molar-refractivity contribution in [2.24, 2.45) is 39.7 Å². The minimum atomic E-state index is -0.0465. The molecule has 0 aromatic rings. The number of rotatable bonds is 2. The van der Waals surface area contributed by atoms with E-state index >= 15 is 0 Å². The van der Waals surface area contributed by atoms with Gasteiger partial charge in [0.05, 0.1) is 5.71 Å². The van der Waals surface area contributed by atoms with E-state index in [2.05, 4.69) is 30.9 Å². The third-order valence-electron chi connectivity index (χ3n) is 9.52. The van der Waals surface area contributed by atoms with Crippen LogP contribution in [-0.4, -0.2) is 30.7 Å². The van der Waals surface area contributed by atoms with Crippen LogP contribution in [0.4, 0.5) is 0 Å². The summed E-state index contributed by atoms with van der Waals surface area (Å²) in [6.45, 7) is 11.3. The number of ketones is 1. The molecule has 5 fully saturated rings. The minimum Gasteiger partial charge on any atom is -0.391 e. The van der Waals surface area contributed by atoms with Crippen molar-refractivity contribution in [2.45, 2.75) is 77.7 Å². The maximum atomic E-state index is 12.6. The Hall–Kier alpha value is -1.16. The summed E-state index contributed by atoms with van der Waals surface area (Å²) in [6, 6.07) is 0. The van der Waals surface area contributed by atoms with Crippen LogP contribution in [-0.2, 0) is 9.63 Å². The van der Waals surface area contributed by atoms with E-state index in [0.717, 1.165) is 64.0 Å². The fraction of sp³-hybridized carbons (Fsp3) is 0.833. The van der Waals surface area contributed by atoms with Gasteiger partial charge in [-0.25, -0.2) is 0 Å². The highest BCUT2D eigenvalue weighted by Gasteiger charge is 2.60. The Labute approximate surface area is 169 Å². The van der Waals surface area contributed by atoms with E-state index in [1.807, 2.05) is 0 Å². The Bertz CT molecular complexity index is 709. The van der Waals surface area contributed by atoms with Crippen LogP contribution in [0.1, 0.15) is 71.6 Å². The van der Waals surface area contributed by atoms with Crippen LogP contribution < -0.4 is 5.32 Å². The Kier molecular flexibility index (Phi) is 4.50. The molecule has 0 bridgehead atoms. The number of oxime groups is 1. The van der Waals surface area contributed by atoms with Crippen molar-refractivity contribution in [3.63, 3.8) is 0 Å². The summed E-state index contributed by atoms with van der Waals surface area (Å²) in [5.41, 5.74) is 2.93. The Morgan fingerprint density at radius 2 is 1.96 bits per heavy atom. The van der Waals surface area contributed by atoms with Crippen molar-refractivity contribution < 1.29 is 9.63 Å². The van der Waals surface area contributed by atoms with Crippen molar-refractivity contribution in [3.05, 3.63) is 12.2 Å². The number of Topliss-reactive ketones (excluding diaryl/α,β-unsaturated/α-hetero) is 1. The number of hydrogen-bond acceptors (Lipinski definition) is 4. The van der Waals surface area contributed by atoms with Crippen LogP contribution in [0.2, 0.25) is 0 Å². The SMILES string of the molecule is C=C1C[C@@H]2[C@H](CC[C@]3(C)C(=O)CC[C@@H]23)[C@@]2(C)CC/C(=N\OC3CCNC3)CC12. The molecule has 1 aliphatic heterocycles. The lowest BCUT2D eigenvalue weighted by atomic mass is 9.44. The van der Waals surface area contributed by atoms with E-state index in [1.54, 1.807) is 0 Å². The maximum Gasteiger partial charge on any atom is 0.141 e. The van der Waals surface area contributed by atoms with Crippen molar-refractivity contribution in [3.8, 4) is 0 Å². The van der Waals surface area contributed by atoms with Crippen molar-refractivity contribution in [2.75, 3.05) is 13.1 Å². The predicted molar refractivity (Wildman–Crippen MR) is 111 cm³/mol. The fourth-order valence-electron chi connectivity index (χ4n) is 7.77. The van der Waals surface area contributed by atoms with Crippen molar-refractivity contribution in [1.29, 1.82) is 0 Å². The lowest BCUT2D eigenvalue weighted by Crippen LogP contribution is -2.54. The van der Waals surface area contributed by atoms with Gasteiger partial charge in [-0.15, -0.1) is 0 Å². The topological polar surface area (TPSA) is 50.7 Å². The highest BCUT2D eigenvalue weighted by atomic mass is 16.6. The van der Waals surface area contributed by atoms with E-state index < -0.39 is 0 Å². The first kappa shape index (κ1) is 18.8. The zero-order valence-corrected chi connectivity index (χ0v) is 17.6. The monoisotopic (exact) mass is 384 g/mol. The maximum absolute atomic E-state index is 12.6. The second kappa shape index (κ2) is 6.68. The summed E-state index contributed by atoms with van der Waals surface area (Å²) in [4.78, 5) is 18.5. The lowest BCUT2D eigenvalue weighted by Gasteiger charge is -2.60. The van der Waals surface area contributed by atoms with Crippen LogP contribution >= 0.6 is 0 Å². The van der Waals surface area contributed by atoms with Gasteiger partial charge in [0, 0.05) is 24.8 Å². The van der Waals surface area contributed by atoms with Crippen LogP contribution in [0.3, 0.4) is 0 Å². The number of allylic oxidation sites excluding steroid dienone is 1. The molecule has 1 saturated heterocycles. The molecule has 7 atom stereocenters. The molecule has 0 aromatic heterocycles. The number of nitrogens with one attached hydrogen (secondary N) is 1. The summed E-state index contributed by atoms with van der Waals surface area (Å²) in [7, 11) is 0. The first-order chi connectivity index (χ1) is 13.4. The summed E-state index contributed by atoms with van der Waals surface area (Å²) in [6.07, 6.45) is 9.96. The van der Waals surface area contributed by atoms with Crippen LogP contribution in [0.5, 0.6) is 0 Å². The van der Waals surface area contributed by atoms with Crippen LogP contribution in [0, 0.1) is 34.5 Å². The molecule has 0 amide bonds. The standard InChI is InChI=1S/C24H36N2O2/c1-15-12-18-19-4-5-22(27)24(19,3)10-7-20(18)23(2)9-6-16(13-21(15)23)26-28-17-8-11-25-14-17/h17-21,25H,1,4-14H2,2-3H3/b26-16+/t17?,18-,19-,20-,21?,23+,24-/m0/s1. The van der Waals surface area contributed by atoms with Crippen LogP contribution in [0.25, 0.3) is 0 Å². The number of carbonyl (C=O) groups excluding carboxylic acids is 1.